The Hall–Kier alpha value is -2.83. The number of carbonyl (C=O) groups is 2. The highest BCUT2D eigenvalue weighted by Crippen LogP contribution is 2.09. The molecule has 1 amide bonds. The molecule has 0 saturated heterocycles. The van der Waals surface area contributed by atoms with Crippen LogP contribution in [0.1, 0.15) is 34.7 Å². The molecule has 6 nitrogen and oxygen atoms in total. The number of esters is 1. The van der Waals surface area contributed by atoms with Gasteiger partial charge in [-0.25, -0.2) is 14.2 Å². The van der Waals surface area contributed by atoms with Crippen molar-refractivity contribution in [3.05, 3.63) is 59.9 Å². The fourth-order valence-electron chi connectivity index (χ4n) is 1.74. The minimum absolute atomic E-state index is 0.0464. The van der Waals surface area contributed by atoms with Crippen LogP contribution in [-0.4, -0.2) is 34.0 Å². The third-order valence-electron chi connectivity index (χ3n) is 2.89. The van der Waals surface area contributed by atoms with Crippen molar-refractivity contribution >= 4 is 11.9 Å². The van der Waals surface area contributed by atoms with Crippen LogP contribution >= 0.6 is 0 Å². The normalized spacial score (nSPS) is 10.9. The van der Waals surface area contributed by atoms with E-state index < -0.39 is 23.2 Å². The summed E-state index contributed by atoms with van der Waals surface area (Å²) in [5.41, 5.74) is -0.391. The van der Waals surface area contributed by atoms with Gasteiger partial charge in [-0.05, 0) is 38.1 Å². The van der Waals surface area contributed by atoms with E-state index in [1.54, 1.807) is 13.8 Å². The van der Waals surface area contributed by atoms with Crippen LogP contribution in [0.15, 0.2) is 42.9 Å². The monoisotopic (exact) mass is 317 g/mol. The highest BCUT2D eigenvalue weighted by Gasteiger charge is 2.24. The van der Waals surface area contributed by atoms with E-state index in [4.69, 9.17) is 4.74 Å². The van der Waals surface area contributed by atoms with E-state index in [0.717, 1.165) is 0 Å². The van der Waals surface area contributed by atoms with E-state index in [0.29, 0.717) is 0 Å². The van der Waals surface area contributed by atoms with Gasteiger partial charge in [-0.3, -0.25) is 9.78 Å². The number of ether oxygens (including phenoxy) is 1. The zero-order valence-electron chi connectivity index (χ0n) is 12.7. The highest BCUT2D eigenvalue weighted by molar-refractivity contribution is 5.92. The maximum absolute atomic E-state index is 12.8. The van der Waals surface area contributed by atoms with Gasteiger partial charge in [0.1, 0.15) is 18.1 Å². The van der Waals surface area contributed by atoms with E-state index in [1.165, 1.54) is 42.9 Å². The molecule has 1 heterocycles. The Morgan fingerprint density at radius 2 is 1.91 bits per heavy atom. The minimum Gasteiger partial charge on any atom is -0.460 e. The van der Waals surface area contributed by atoms with Gasteiger partial charge in [0.15, 0.2) is 0 Å². The molecule has 0 radical (unpaired) electrons. The number of aromatic nitrogens is 2. The molecule has 0 bridgehead atoms. The number of rotatable bonds is 5. The zero-order chi connectivity index (χ0) is 16.9. The standard InChI is InChI=1S/C16H16FN3O3/c1-16(2,20-14(21)13-9-18-7-8-19-13)10-23-15(22)11-3-5-12(17)6-4-11/h3-9H,10H2,1-2H3,(H,20,21). The van der Waals surface area contributed by atoms with Gasteiger partial charge in [0.25, 0.3) is 5.91 Å². The second-order valence-electron chi connectivity index (χ2n) is 5.51. The van der Waals surface area contributed by atoms with Crippen molar-refractivity contribution < 1.29 is 18.7 Å². The molecule has 1 aromatic carbocycles. The van der Waals surface area contributed by atoms with Crippen molar-refractivity contribution in [3.8, 4) is 0 Å². The van der Waals surface area contributed by atoms with Gasteiger partial charge < -0.3 is 10.1 Å². The predicted octanol–water partition coefficient (Wildman–Crippen LogP) is 1.98. The van der Waals surface area contributed by atoms with Gasteiger partial charge in [0.05, 0.1) is 17.3 Å². The number of nitrogens with zero attached hydrogens (tertiary/aromatic N) is 2. The number of carbonyl (C=O) groups excluding carboxylic acids is 2. The first-order chi connectivity index (χ1) is 10.9. The summed E-state index contributed by atoms with van der Waals surface area (Å²) in [6.45, 7) is 3.37. The van der Waals surface area contributed by atoms with E-state index in [1.807, 2.05) is 0 Å². The van der Waals surface area contributed by atoms with Gasteiger partial charge >= 0.3 is 5.97 Å². The van der Waals surface area contributed by atoms with Crippen LogP contribution in [-0.2, 0) is 4.74 Å². The maximum Gasteiger partial charge on any atom is 0.338 e. The lowest BCUT2D eigenvalue weighted by Gasteiger charge is -2.25. The Morgan fingerprint density at radius 3 is 2.52 bits per heavy atom. The van der Waals surface area contributed by atoms with Gasteiger partial charge in [0.2, 0.25) is 0 Å². The third-order valence-corrected chi connectivity index (χ3v) is 2.89. The molecule has 0 atom stereocenters. The maximum atomic E-state index is 12.8. The van der Waals surface area contributed by atoms with Crippen molar-refractivity contribution in [3.63, 3.8) is 0 Å². The number of hydrogen-bond donors (Lipinski definition) is 1. The Labute approximate surface area is 132 Å². The lowest BCUT2D eigenvalue weighted by molar-refractivity contribution is 0.0389. The molecule has 1 N–H and O–H groups in total. The minimum atomic E-state index is -0.801. The number of halogens is 1. The molecule has 0 unspecified atom stereocenters. The molecule has 0 saturated carbocycles. The smallest absolute Gasteiger partial charge is 0.338 e. The number of nitrogens with one attached hydrogen (secondary N) is 1. The Bertz CT molecular complexity index is 687. The molecular weight excluding hydrogens is 301 g/mol. The van der Waals surface area contributed by atoms with Crippen molar-refractivity contribution in [1.29, 1.82) is 0 Å². The summed E-state index contributed by atoms with van der Waals surface area (Å²) in [4.78, 5) is 31.6. The number of amides is 1. The summed E-state index contributed by atoms with van der Waals surface area (Å²) in [6.07, 6.45) is 4.22. The van der Waals surface area contributed by atoms with Gasteiger partial charge in [0, 0.05) is 12.4 Å². The quantitative estimate of drug-likeness (QED) is 0.853. The SMILES string of the molecule is CC(C)(COC(=O)c1ccc(F)cc1)NC(=O)c1cnccn1. The summed E-state index contributed by atoms with van der Waals surface area (Å²) in [5, 5.41) is 2.71. The average molecular weight is 317 g/mol. The third kappa shape index (κ3) is 4.84. The summed E-state index contributed by atoms with van der Waals surface area (Å²) in [7, 11) is 0. The summed E-state index contributed by atoms with van der Waals surface area (Å²) < 4.78 is 18.0. The largest absolute Gasteiger partial charge is 0.460 e. The van der Waals surface area contributed by atoms with Crippen LogP contribution in [0.3, 0.4) is 0 Å². The van der Waals surface area contributed by atoms with Crippen molar-refractivity contribution in [2.45, 2.75) is 19.4 Å². The molecule has 2 aromatic rings. The second kappa shape index (κ2) is 6.95. The first-order valence-electron chi connectivity index (χ1n) is 6.89. The lowest BCUT2D eigenvalue weighted by atomic mass is 10.1. The van der Waals surface area contributed by atoms with Crippen LogP contribution in [0.5, 0.6) is 0 Å². The molecule has 0 aliphatic heterocycles. The molecule has 2 rings (SSSR count). The molecule has 23 heavy (non-hydrogen) atoms. The summed E-state index contributed by atoms with van der Waals surface area (Å²) in [6, 6.07) is 5.03. The fraction of sp³-hybridized carbons (Fsp3) is 0.250. The van der Waals surface area contributed by atoms with Crippen LogP contribution in [0.25, 0.3) is 0 Å². The van der Waals surface area contributed by atoms with E-state index >= 15 is 0 Å². The Kier molecular flexibility index (Phi) is 5.00. The van der Waals surface area contributed by atoms with E-state index in [-0.39, 0.29) is 17.9 Å². The predicted molar refractivity (Wildman–Crippen MR) is 80.3 cm³/mol. The Balaban J connectivity index is 1.92. The molecule has 7 heteroatoms. The number of hydrogen-bond acceptors (Lipinski definition) is 5. The lowest BCUT2D eigenvalue weighted by Crippen LogP contribution is -2.47. The van der Waals surface area contributed by atoms with Gasteiger partial charge in [-0.2, -0.15) is 0 Å². The van der Waals surface area contributed by atoms with Crippen molar-refractivity contribution in [2.24, 2.45) is 0 Å². The number of benzene rings is 1. The average Bonchev–Trinajstić information content (AvgIpc) is 2.54. The van der Waals surface area contributed by atoms with Gasteiger partial charge in [-0.15, -0.1) is 0 Å². The van der Waals surface area contributed by atoms with Crippen LogP contribution in [0.2, 0.25) is 0 Å². The van der Waals surface area contributed by atoms with Crippen LogP contribution in [0.4, 0.5) is 4.39 Å². The topological polar surface area (TPSA) is 81.2 Å². The summed E-state index contributed by atoms with van der Waals surface area (Å²) in [5.74, 6) is -1.44. The second-order valence-corrected chi connectivity index (χ2v) is 5.51. The van der Waals surface area contributed by atoms with Crippen molar-refractivity contribution in [2.75, 3.05) is 6.61 Å². The van der Waals surface area contributed by atoms with Gasteiger partial charge in [-0.1, -0.05) is 0 Å². The molecule has 0 aliphatic rings. The molecular formula is C16H16FN3O3. The fourth-order valence-corrected chi connectivity index (χ4v) is 1.74. The molecule has 0 spiro atoms. The van der Waals surface area contributed by atoms with Crippen molar-refractivity contribution in [1.82, 2.24) is 15.3 Å². The molecule has 120 valence electrons. The highest BCUT2D eigenvalue weighted by atomic mass is 19.1. The zero-order valence-corrected chi connectivity index (χ0v) is 12.7. The first-order valence-corrected chi connectivity index (χ1v) is 6.89. The van der Waals surface area contributed by atoms with Crippen LogP contribution in [0, 0.1) is 5.82 Å². The molecule has 0 fully saturated rings. The van der Waals surface area contributed by atoms with E-state index in [9.17, 15) is 14.0 Å². The van der Waals surface area contributed by atoms with Crippen LogP contribution < -0.4 is 5.32 Å². The molecule has 0 aliphatic carbocycles. The molecule has 1 aromatic heterocycles. The first kappa shape index (κ1) is 16.5. The van der Waals surface area contributed by atoms with E-state index in [2.05, 4.69) is 15.3 Å². The summed E-state index contributed by atoms with van der Waals surface area (Å²) >= 11 is 0. The Morgan fingerprint density at radius 1 is 1.22 bits per heavy atom.